The van der Waals surface area contributed by atoms with Crippen LogP contribution in [0.2, 0.25) is 0 Å². The first-order valence-corrected chi connectivity index (χ1v) is 3.85. The molecule has 0 saturated heterocycles. The van der Waals surface area contributed by atoms with Gasteiger partial charge in [0.25, 0.3) is 0 Å². The van der Waals surface area contributed by atoms with E-state index in [-0.39, 0.29) is 0 Å². The number of nitrogens with two attached hydrogens (primary N) is 1. The average molecular weight is 172 g/mol. The van der Waals surface area contributed by atoms with E-state index in [9.17, 15) is 4.79 Å². The maximum atomic E-state index is 10.3. The monoisotopic (exact) mass is 172 g/mol. The molecule has 0 saturated carbocycles. The molecule has 0 fully saturated rings. The van der Waals surface area contributed by atoms with Crippen molar-refractivity contribution in [2.24, 2.45) is 5.73 Å². The van der Waals surface area contributed by atoms with Gasteiger partial charge in [0.05, 0.1) is 0 Å². The Morgan fingerprint density at radius 1 is 1.91 bits per heavy atom. The fraction of sp³-hybridized carbons (Fsp3) is 0.333. The third-order valence-corrected chi connectivity index (χ3v) is 1.99. The summed E-state index contributed by atoms with van der Waals surface area (Å²) in [5, 5.41) is 8.44. The number of aliphatic carboxylic acids is 1. The molecular weight excluding hydrogens is 164 g/mol. The fourth-order valence-electron chi connectivity index (χ4n) is 0.651. The lowest BCUT2D eigenvalue weighted by molar-refractivity contribution is -0.138. The smallest absolute Gasteiger partial charge is 0.320 e. The predicted molar refractivity (Wildman–Crippen MR) is 41.4 cm³/mol. The highest BCUT2D eigenvalue weighted by Gasteiger charge is 2.12. The topological polar surface area (TPSA) is 76.2 Å². The summed E-state index contributed by atoms with van der Waals surface area (Å²) in [4.78, 5) is 11.2. The Balaban J connectivity index is 2.50. The van der Waals surface area contributed by atoms with Crippen LogP contribution in [0.3, 0.4) is 0 Å². The molecule has 1 rings (SSSR count). The third kappa shape index (κ3) is 2.28. The van der Waals surface area contributed by atoms with Crippen molar-refractivity contribution in [1.29, 1.82) is 0 Å². The van der Waals surface area contributed by atoms with Crippen molar-refractivity contribution in [1.82, 2.24) is 4.37 Å². The molecular formula is C6H8N2O2S. The Morgan fingerprint density at radius 2 is 2.64 bits per heavy atom. The normalized spacial score (nSPS) is 12.8. The fourth-order valence-corrected chi connectivity index (χ4v) is 1.28. The summed E-state index contributed by atoms with van der Waals surface area (Å²) in [6, 6.07) is 0.962. The standard InChI is InChI=1S/C6H8N2O2S/c7-5(6(9)10)3-4-1-2-8-11-4/h1-2,5H,3,7H2,(H,9,10)/t5-/m1/s1. The Bertz CT molecular complexity index is 235. The van der Waals surface area contributed by atoms with Gasteiger partial charge in [-0.2, -0.15) is 0 Å². The number of nitrogens with zero attached hydrogens (tertiary/aromatic N) is 1. The highest BCUT2D eigenvalue weighted by Crippen LogP contribution is 2.06. The van der Waals surface area contributed by atoms with Gasteiger partial charge in [-0.1, -0.05) is 0 Å². The minimum Gasteiger partial charge on any atom is -0.480 e. The van der Waals surface area contributed by atoms with E-state index < -0.39 is 12.0 Å². The Kier molecular flexibility index (Phi) is 2.56. The summed E-state index contributed by atoms with van der Waals surface area (Å²) in [6.07, 6.45) is 1.99. The van der Waals surface area contributed by atoms with Crippen molar-refractivity contribution in [2.75, 3.05) is 0 Å². The zero-order valence-corrected chi connectivity index (χ0v) is 6.54. The minimum absolute atomic E-state index is 0.361. The number of carboxylic acid groups (broad SMARTS) is 1. The van der Waals surface area contributed by atoms with Crippen molar-refractivity contribution in [3.05, 3.63) is 17.1 Å². The summed E-state index contributed by atoms with van der Waals surface area (Å²) in [7, 11) is 0. The van der Waals surface area contributed by atoms with Crippen LogP contribution in [0, 0.1) is 0 Å². The van der Waals surface area contributed by atoms with E-state index in [0.717, 1.165) is 4.88 Å². The summed E-state index contributed by atoms with van der Waals surface area (Å²) < 4.78 is 3.83. The lowest BCUT2D eigenvalue weighted by atomic mass is 10.2. The lowest BCUT2D eigenvalue weighted by Crippen LogP contribution is -2.31. The molecule has 5 heteroatoms. The summed E-state index contributed by atoms with van der Waals surface area (Å²) >= 11 is 1.28. The first kappa shape index (κ1) is 8.16. The van der Waals surface area contributed by atoms with Gasteiger partial charge < -0.3 is 10.8 Å². The molecule has 0 aliphatic carbocycles. The van der Waals surface area contributed by atoms with Gasteiger partial charge in [-0.15, -0.1) is 0 Å². The Labute approximate surface area is 67.8 Å². The predicted octanol–water partition coefficient (Wildman–Crippen LogP) is 0.0975. The van der Waals surface area contributed by atoms with Crippen LogP contribution in [0.4, 0.5) is 0 Å². The number of aromatic nitrogens is 1. The number of hydrogen-bond donors (Lipinski definition) is 2. The summed E-state index contributed by atoms with van der Waals surface area (Å²) in [6.45, 7) is 0. The molecule has 0 aliphatic rings. The molecule has 4 nitrogen and oxygen atoms in total. The maximum absolute atomic E-state index is 10.3. The van der Waals surface area contributed by atoms with Gasteiger partial charge in [0.15, 0.2) is 0 Å². The number of rotatable bonds is 3. The van der Waals surface area contributed by atoms with Gasteiger partial charge in [0.1, 0.15) is 6.04 Å². The average Bonchev–Trinajstić information content (AvgIpc) is 2.39. The van der Waals surface area contributed by atoms with Crippen LogP contribution < -0.4 is 5.73 Å². The van der Waals surface area contributed by atoms with Crippen LogP contribution in [0.25, 0.3) is 0 Å². The summed E-state index contributed by atoms with van der Waals surface area (Å²) in [5.41, 5.74) is 5.29. The van der Waals surface area contributed by atoms with Crippen LogP contribution in [-0.4, -0.2) is 21.5 Å². The van der Waals surface area contributed by atoms with Gasteiger partial charge in [-0.3, -0.25) is 4.79 Å². The van der Waals surface area contributed by atoms with E-state index in [2.05, 4.69) is 4.37 Å². The Morgan fingerprint density at radius 3 is 3.09 bits per heavy atom. The second-order valence-electron chi connectivity index (χ2n) is 2.13. The molecule has 1 heterocycles. The van der Waals surface area contributed by atoms with E-state index in [1.165, 1.54) is 11.5 Å². The van der Waals surface area contributed by atoms with E-state index in [1.54, 1.807) is 12.3 Å². The van der Waals surface area contributed by atoms with Crippen LogP contribution in [0.1, 0.15) is 4.88 Å². The second-order valence-corrected chi connectivity index (χ2v) is 3.05. The van der Waals surface area contributed by atoms with Gasteiger partial charge in [-0.25, -0.2) is 4.37 Å². The van der Waals surface area contributed by atoms with Crippen molar-refractivity contribution in [3.8, 4) is 0 Å². The van der Waals surface area contributed by atoms with Gasteiger partial charge in [-0.05, 0) is 17.6 Å². The number of carboxylic acids is 1. The highest BCUT2D eigenvalue weighted by atomic mass is 32.1. The molecule has 1 aromatic heterocycles. The molecule has 0 amide bonds. The van der Waals surface area contributed by atoms with Crippen LogP contribution in [0.5, 0.6) is 0 Å². The van der Waals surface area contributed by atoms with Crippen molar-refractivity contribution < 1.29 is 9.90 Å². The SMILES string of the molecule is N[C@H](Cc1ccns1)C(=O)O. The molecule has 3 N–H and O–H groups in total. The lowest BCUT2D eigenvalue weighted by Gasteiger charge is -2.01. The van der Waals surface area contributed by atoms with Crippen molar-refractivity contribution in [2.45, 2.75) is 12.5 Å². The van der Waals surface area contributed by atoms with Crippen LogP contribution in [-0.2, 0) is 11.2 Å². The van der Waals surface area contributed by atoms with Crippen LogP contribution in [0.15, 0.2) is 12.3 Å². The zero-order chi connectivity index (χ0) is 8.27. The molecule has 1 atom stereocenters. The summed E-state index contributed by atoms with van der Waals surface area (Å²) in [5.74, 6) is -0.974. The van der Waals surface area contributed by atoms with E-state index >= 15 is 0 Å². The van der Waals surface area contributed by atoms with E-state index in [0.29, 0.717) is 6.42 Å². The quantitative estimate of drug-likeness (QED) is 0.677. The molecule has 11 heavy (non-hydrogen) atoms. The Hall–Kier alpha value is -0.940. The molecule has 0 aliphatic heterocycles. The van der Waals surface area contributed by atoms with E-state index in [4.69, 9.17) is 10.8 Å². The first-order valence-electron chi connectivity index (χ1n) is 3.08. The molecule has 60 valence electrons. The molecule has 1 aromatic rings. The molecule has 0 spiro atoms. The third-order valence-electron chi connectivity index (χ3n) is 1.23. The molecule has 0 bridgehead atoms. The zero-order valence-electron chi connectivity index (χ0n) is 5.73. The van der Waals surface area contributed by atoms with Gasteiger partial charge in [0.2, 0.25) is 0 Å². The largest absolute Gasteiger partial charge is 0.480 e. The van der Waals surface area contributed by atoms with E-state index in [1.807, 2.05) is 0 Å². The van der Waals surface area contributed by atoms with Crippen LogP contribution >= 0.6 is 11.5 Å². The minimum atomic E-state index is -0.974. The van der Waals surface area contributed by atoms with Gasteiger partial charge in [0, 0.05) is 17.5 Å². The molecule has 0 unspecified atom stereocenters. The first-order chi connectivity index (χ1) is 5.20. The molecule has 0 radical (unpaired) electrons. The van der Waals surface area contributed by atoms with Crippen molar-refractivity contribution >= 4 is 17.5 Å². The maximum Gasteiger partial charge on any atom is 0.320 e. The number of hydrogen-bond acceptors (Lipinski definition) is 4. The molecule has 0 aromatic carbocycles. The van der Waals surface area contributed by atoms with Crippen molar-refractivity contribution in [3.63, 3.8) is 0 Å². The highest BCUT2D eigenvalue weighted by molar-refractivity contribution is 7.05. The second kappa shape index (κ2) is 3.45. The van der Waals surface area contributed by atoms with Gasteiger partial charge >= 0.3 is 5.97 Å². The number of carbonyl (C=O) groups is 1.